The van der Waals surface area contributed by atoms with Crippen LogP contribution in [0, 0.1) is 17.8 Å². The highest BCUT2D eigenvalue weighted by atomic mass is 16.5. The Morgan fingerprint density at radius 2 is 1.76 bits per heavy atom. The van der Waals surface area contributed by atoms with Crippen LogP contribution in [0.2, 0.25) is 0 Å². The number of aromatic amines is 1. The maximum absolute atomic E-state index is 13.1. The molecule has 4 nitrogen and oxygen atoms in total. The first kappa shape index (κ1) is 18.2. The summed E-state index contributed by atoms with van der Waals surface area (Å²) in [5, 5.41) is 0.862. The Morgan fingerprint density at radius 1 is 0.966 bits per heavy atom. The topological polar surface area (TPSA) is 59.2 Å². The lowest BCUT2D eigenvalue weighted by Crippen LogP contribution is -2.20. The zero-order chi connectivity index (χ0) is 19.8. The third-order valence-corrected chi connectivity index (χ3v) is 6.73. The third-order valence-electron chi connectivity index (χ3n) is 6.73. The van der Waals surface area contributed by atoms with Crippen LogP contribution in [0.4, 0.5) is 0 Å². The number of hydrogen-bond donors (Lipinski definition) is 1. The quantitative estimate of drug-likeness (QED) is 0.456. The number of H-pyrrole nitrogens is 1. The molecule has 2 saturated carbocycles. The summed E-state index contributed by atoms with van der Waals surface area (Å²) in [6.45, 7) is -0.207. The molecule has 1 aromatic heterocycles. The molecular weight excluding hydrogens is 362 g/mol. The largest absolute Gasteiger partial charge is 0.457 e. The normalized spacial score (nSPS) is 22.8. The van der Waals surface area contributed by atoms with Crippen LogP contribution in [0.1, 0.15) is 42.5 Å². The zero-order valence-electron chi connectivity index (χ0n) is 16.4. The lowest BCUT2D eigenvalue weighted by Gasteiger charge is -2.20. The van der Waals surface area contributed by atoms with Gasteiger partial charge in [0.1, 0.15) is 0 Å². The second-order valence-electron chi connectivity index (χ2n) is 8.51. The summed E-state index contributed by atoms with van der Waals surface area (Å²) < 4.78 is 5.43. The van der Waals surface area contributed by atoms with Crippen molar-refractivity contribution >= 4 is 22.7 Å². The lowest BCUT2D eigenvalue weighted by molar-refractivity contribution is -0.144. The van der Waals surface area contributed by atoms with Crippen molar-refractivity contribution in [3.63, 3.8) is 0 Å². The molecule has 0 saturated heterocycles. The van der Waals surface area contributed by atoms with E-state index in [-0.39, 0.29) is 18.4 Å². The Labute approximate surface area is 170 Å². The number of rotatable bonds is 6. The molecule has 0 aliphatic heterocycles. The van der Waals surface area contributed by atoms with Gasteiger partial charge in [-0.2, -0.15) is 0 Å². The minimum atomic E-state index is -0.239. The molecule has 1 N–H and O–H groups in total. The van der Waals surface area contributed by atoms with Gasteiger partial charge in [0, 0.05) is 17.3 Å². The van der Waals surface area contributed by atoms with E-state index in [4.69, 9.17) is 4.74 Å². The van der Waals surface area contributed by atoms with Crippen LogP contribution in [0.5, 0.6) is 0 Å². The number of aromatic nitrogens is 1. The molecule has 2 aliphatic rings. The summed E-state index contributed by atoms with van der Waals surface area (Å²) in [6.07, 6.45) is 5.43. The van der Waals surface area contributed by atoms with Crippen molar-refractivity contribution in [2.45, 2.75) is 32.1 Å². The molecule has 2 fully saturated rings. The van der Waals surface area contributed by atoms with Gasteiger partial charge in [0.15, 0.2) is 6.61 Å². The molecule has 3 atom stereocenters. The van der Waals surface area contributed by atoms with Gasteiger partial charge < -0.3 is 9.72 Å². The van der Waals surface area contributed by atoms with Gasteiger partial charge in [0.25, 0.3) is 0 Å². The molecule has 5 rings (SSSR count). The number of carbonyl (C=O) groups is 2. The molecule has 2 bridgehead atoms. The number of carbonyl (C=O) groups excluding carboxylic acids is 2. The second-order valence-corrected chi connectivity index (χ2v) is 8.51. The minimum Gasteiger partial charge on any atom is -0.457 e. The molecule has 4 heteroatoms. The number of benzene rings is 2. The lowest BCUT2D eigenvalue weighted by atomic mass is 9.86. The smallest absolute Gasteiger partial charge is 0.306 e. The Morgan fingerprint density at radius 3 is 2.52 bits per heavy atom. The highest BCUT2D eigenvalue weighted by molar-refractivity contribution is 6.14. The van der Waals surface area contributed by atoms with E-state index in [1.54, 1.807) is 0 Å². The van der Waals surface area contributed by atoms with Crippen LogP contribution < -0.4 is 0 Å². The van der Waals surface area contributed by atoms with Gasteiger partial charge in [-0.25, -0.2) is 0 Å². The average Bonchev–Trinajstić information content (AvgIpc) is 3.46. The van der Waals surface area contributed by atoms with E-state index < -0.39 is 0 Å². The van der Waals surface area contributed by atoms with Crippen molar-refractivity contribution in [2.24, 2.45) is 17.8 Å². The summed E-state index contributed by atoms with van der Waals surface area (Å²) >= 11 is 0. The molecule has 0 radical (unpaired) electrons. The van der Waals surface area contributed by atoms with E-state index in [1.165, 1.54) is 19.3 Å². The first-order chi connectivity index (χ1) is 14.2. The molecular formula is C25H25NO3. The summed E-state index contributed by atoms with van der Waals surface area (Å²) in [6, 6.07) is 17.5. The first-order valence-electron chi connectivity index (χ1n) is 10.5. The van der Waals surface area contributed by atoms with Gasteiger partial charge in [-0.05, 0) is 48.6 Å². The summed E-state index contributed by atoms with van der Waals surface area (Å²) in [5.41, 5.74) is 3.23. The minimum absolute atomic E-state index is 0.164. The van der Waals surface area contributed by atoms with Gasteiger partial charge in [0.05, 0.1) is 11.3 Å². The van der Waals surface area contributed by atoms with Crippen LogP contribution in [0.15, 0.2) is 54.6 Å². The van der Waals surface area contributed by atoms with Crippen molar-refractivity contribution in [1.29, 1.82) is 0 Å². The molecule has 0 unspecified atom stereocenters. The molecule has 29 heavy (non-hydrogen) atoms. The summed E-state index contributed by atoms with van der Waals surface area (Å²) in [7, 11) is 0. The van der Waals surface area contributed by atoms with E-state index in [9.17, 15) is 9.59 Å². The Balaban J connectivity index is 1.33. The van der Waals surface area contributed by atoms with Gasteiger partial charge in [-0.3, -0.25) is 9.59 Å². The van der Waals surface area contributed by atoms with Gasteiger partial charge in [-0.15, -0.1) is 0 Å². The number of Topliss-reactive ketones (excluding diaryl/α,β-unsaturated/α-hetero) is 1. The summed E-state index contributed by atoms with van der Waals surface area (Å²) in [4.78, 5) is 28.8. The Hall–Kier alpha value is -2.88. The highest BCUT2D eigenvalue weighted by Gasteiger charge is 2.40. The van der Waals surface area contributed by atoms with Gasteiger partial charge >= 0.3 is 5.97 Å². The van der Waals surface area contributed by atoms with Crippen LogP contribution in [0.3, 0.4) is 0 Å². The molecule has 148 valence electrons. The predicted molar refractivity (Wildman–Crippen MR) is 113 cm³/mol. The van der Waals surface area contributed by atoms with Crippen molar-refractivity contribution in [2.75, 3.05) is 6.61 Å². The number of hydrogen-bond acceptors (Lipinski definition) is 3. The van der Waals surface area contributed by atoms with Gasteiger partial charge in [-0.1, -0.05) is 55.0 Å². The van der Waals surface area contributed by atoms with Crippen molar-refractivity contribution in [3.8, 4) is 11.3 Å². The fourth-order valence-electron chi connectivity index (χ4n) is 5.37. The van der Waals surface area contributed by atoms with Crippen LogP contribution in [0.25, 0.3) is 22.2 Å². The van der Waals surface area contributed by atoms with E-state index in [1.807, 2.05) is 54.6 Å². The van der Waals surface area contributed by atoms with Crippen molar-refractivity contribution in [3.05, 3.63) is 60.2 Å². The number of ketones is 1. The molecule has 1 heterocycles. The summed E-state index contributed by atoms with van der Waals surface area (Å²) in [5.74, 6) is 1.53. The molecule has 0 amide bonds. The van der Waals surface area contributed by atoms with E-state index in [0.717, 1.165) is 34.5 Å². The molecule has 3 aromatic rings. The standard InChI is InChI=1S/C25H25NO3/c27-22(15-29-23(28)14-19-13-16-10-11-18(19)12-16)24-20-8-4-5-9-21(20)26-25(24)17-6-2-1-3-7-17/h1-9,16,18-19,26H,10-15H2/t16-,18-,19+/m1/s1. The monoisotopic (exact) mass is 387 g/mol. The number of nitrogens with one attached hydrogen (secondary N) is 1. The second kappa shape index (κ2) is 7.51. The molecule has 2 aromatic carbocycles. The fraction of sp³-hybridized carbons (Fsp3) is 0.360. The maximum atomic E-state index is 13.1. The molecule has 2 aliphatic carbocycles. The SMILES string of the molecule is O=C(C[C@@H]1C[C@@H]2CC[C@@H]1C2)OCC(=O)c1c(-c2ccccc2)[nH]c2ccccc12. The van der Waals surface area contributed by atoms with E-state index >= 15 is 0 Å². The van der Waals surface area contributed by atoms with Crippen molar-refractivity contribution < 1.29 is 14.3 Å². The number of esters is 1. The molecule has 0 spiro atoms. The van der Waals surface area contributed by atoms with Gasteiger partial charge in [0.2, 0.25) is 5.78 Å². The van der Waals surface area contributed by atoms with E-state index in [0.29, 0.717) is 23.8 Å². The maximum Gasteiger partial charge on any atom is 0.306 e. The first-order valence-corrected chi connectivity index (χ1v) is 10.5. The van der Waals surface area contributed by atoms with Crippen LogP contribution in [-0.2, 0) is 9.53 Å². The van der Waals surface area contributed by atoms with Crippen LogP contribution >= 0.6 is 0 Å². The number of para-hydroxylation sites is 1. The van der Waals surface area contributed by atoms with E-state index in [2.05, 4.69) is 4.98 Å². The van der Waals surface area contributed by atoms with Crippen molar-refractivity contribution in [1.82, 2.24) is 4.98 Å². The zero-order valence-corrected chi connectivity index (χ0v) is 16.4. The Bertz CT molecular complexity index is 1050. The number of fused-ring (bicyclic) bond motifs is 3. The Kier molecular flexibility index (Phi) is 4.70. The fourth-order valence-corrected chi connectivity index (χ4v) is 5.37. The van der Waals surface area contributed by atoms with Crippen LogP contribution in [-0.4, -0.2) is 23.3 Å². The predicted octanol–water partition coefficient (Wildman–Crippen LogP) is 5.39. The number of ether oxygens (including phenoxy) is 1. The third kappa shape index (κ3) is 3.48. The highest BCUT2D eigenvalue weighted by Crippen LogP contribution is 2.49. The average molecular weight is 387 g/mol.